The van der Waals surface area contributed by atoms with E-state index in [1.807, 2.05) is 24.3 Å². The summed E-state index contributed by atoms with van der Waals surface area (Å²) in [6.07, 6.45) is 0. The largest absolute Gasteiger partial charge is 0.350 e. The molecular formula is C25H21N3O4. The summed E-state index contributed by atoms with van der Waals surface area (Å²) in [6, 6.07) is 21.9. The van der Waals surface area contributed by atoms with Crippen LogP contribution in [0, 0.1) is 10.1 Å². The van der Waals surface area contributed by atoms with Gasteiger partial charge in [0.15, 0.2) is 0 Å². The van der Waals surface area contributed by atoms with Crippen molar-refractivity contribution in [2.45, 2.75) is 19.8 Å². The zero-order valence-corrected chi connectivity index (χ0v) is 17.6. The van der Waals surface area contributed by atoms with E-state index in [0.717, 1.165) is 10.5 Å². The van der Waals surface area contributed by atoms with E-state index in [-0.39, 0.29) is 17.0 Å². The molecule has 0 saturated heterocycles. The average molecular weight is 427 g/mol. The lowest BCUT2D eigenvalue weighted by Gasteiger charge is -2.15. The monoisotopic (exact) mass is 427 g/mol. The highest BCUT2D eigenvalue weighted by atomic mass is 16.6. The van der Waals surface area contributed by atoms with Crippen LogP contribution in [0.3, 0.4) is 0 Å². The Bertz CT molecular complexity index is 1210. The zero-order valence-electron chi connectivity index (χ0n) is 17.6. The van der Waals surface area contributed by atoms with Crippen molar-refractivity contribution in [3.63, 3.8) is 0 Å². The number of hydrogen-bond acceptors (Lipinski definition) is 5. The Morgan fingerprint density at radius 1 is 0.844 bits per heavy atom. The number of anilines is 2. The number of nitro benzene ring substituents is 1. The van der Waals surface area contributed by atoms with Crippen LogP contribution in [0.4, 0.5) is 17.1 Å². The van der Waals surface area contributed by atoms with Crippen molar-refractivity contribution in [1.29, 1.82) is 0 Å². The zero-order chi connectivity index (χ0) is 22.8. The molecule has 0 fully saturated rings. The third-order valence-corrected chi connectivity index (χ3v) is 5.31. The van der Waals surface area contributed by atoms with Crippen LogP contribution in [0.1, 0.15) is 30.9 Å². The van der Waals surface area contributed by atoms with Crippen LogP contribution in [-0.2, 0) is 9.59 Å². The van der Waals surface area contributed by atoms with Crippen molar-refractivity contribution in [2.24, 2.45) is 0 Å². The Morgan fingerprint density at radius 2 is 1.47 bits per heavy atom. The van der Waals surface area contributed by atoms with Gasteiger partial charge in [0.2, 0.25) is 0 Å². The molecule has 0 spiro atoms. The lowest BCUT2D eigenvalue weighted by Crippen LogP contribution is -2.32. The summed E-state index contributed by atoms with van der Waals surface area (Å²) in [5.41, 5.74) is 2.90. The Labute approximate surface area is 185 Å². The van der Waals surface area contributed by atoms with Crippen LogP contribution in [-0.4, -0.2) is 16.7 Å². The summed E-state index contributed by atoms with van der Waals surface area (Å²) in [6.45, 7) is 4.18. The molecule has 0 atom stereocenters. The Morgan fingerprint density at radius 3 is 2.03 bits per heavy atom. The first-order valence-corrected chi connectivity index (χ1v) is 10.2. The van der Waals surface area contributed by atoms with Gasteiger partial charge in [0.1, 0.15) is 5.70 Å². The molecule has 4 rings (SSSR count). The van der Waals surface area contributed by atoms with Crippen LogP contribution in [0.5, 0.6) is 0 Å². The predicted octanol–water partition coefficient (Wildman–Crippen LogP) is 5.11. The molecule has 3 aromatic rings. The summed E-state index contributed by atoms with van der Waals surface area (Å²) in [4.78, 5) is 38.3. The van der Waals surface area contributed by atoms with Crippen molar-refractivity contribution in [3.05, 3.63) is 106 Å². The van der Waals surface area contributed by atoms with Gasteiger partial charge in [0.05, 0.1) is 16.2 Å². The van der Waals surface area contributed by atoms with Gasteiger partial charge in [-0.2, -0.15) is 0 Å². The van der Waals surface area contributed by atoms with Crippen molar-refractivity contribution < 1.29 is 14.5 Å². The number of imide groups is 1. The first-order valence-electron chi connectivity index (χ1n) is 10.2. The van der Waals surface area contributed by atoms with Gasteiger partial charge in [-0.3, -0.25) is 19.7 Å². The second kappa shape index (κ2) is 8.47. The molecule has 1 aliphatic rings. The maximum absolute atomic E-state index is 13.4. The molecular weight excluding hydrogens is 406 g/mol. The summed E-state index contributed by atoms with van der Waals surface area (Å²) >= 11 is 0. The molecule has 7 heteroatoms. The highest BCUT2D eigenvalue weighted by molar-refractivity contribution is 6.46. The average Bonchev–Trinajstić information content (AvgIpc) is 3.04. The number of carbonyl (C=O) groups is 2. The van der Waals surface area contributed by atoms with Gasteiger partial charge in [-0.1, -0.05) is 44.2 Å². The summed E-state index contributed by atoms with van der Waals surface area (Å²) < 4.78 is 0. The quantitative estimate of drug-likeness (QED) is 0.335. The fraction of sp³-hybridized carbons (Fsp3) is 0.120. The number of benzene rings is 3. The number of amides is 2. The molecule has 2 amide bonds. The highest BCUT2D eigenvalue weighted by Gasteiger charge is 2.40. The van der Waals surface area contributed by atoms with Gasteiger partial charge < -0.3 is 5.32 Å². The molecule has 32 heavy (non-hydrogen) atoms. The summed E-state index contributed by atoms with van der Waals surface area (Å²) in [5, 5.41) is 14.1. The molecule has 0 radical (unpaired) electrons. The Balaban J connectivity index is 1.78. The number of nitro groups is 1. The van der Waals surface area contributed by atoms with Gasteiger partial charge in [0, 0.05) is 17.8 Å². The van der Waals surface area contributed by atoms with Crippen molar-refractivity contribution in [2.75, 3.05) is 10.2 Å². The molecule has 160 valence electrons. The second-order valence-corrected chi connectivity index (χ2v) is 7.74. The first kappa shape index (κ1) is 21.0. The molecule has 1 aliphatic heterocycles. The van der Waals surface area contributed by atoms with Crippen LogP contribution in [0.25, 0.3) is 5.57 Å². The Hall–Kier alpha value is -4.26. The minimum atomic E-state index is -0.508. The van der Waals surface area contributed by atoms with E-state index in [0.29, 0.717) is 22.9 Å². The fourth-order valence-electron chi connectivity index (χ4n) is 3.57. The van der Waals surface area contributed by atoms with Gasteiger partial charge >= 0.3 is 0 Å². The molecule has 7 nitrogen and oxygen atoms in total. The number of carbonyl (C=O) groups excluding carboxylic acids is 2. The highest BCUT2D eigenvalue weighted by Crippen LogP contribution is 2.34. The number of hydrogen-bond donors (Lipinski definition) is 1. The molecule has 3 aromatic carbocycles. The number of non-ortho nitro benzene ring substituents is 1. The van der Waals surface area contributed by atoms with E-state index >= 15 is 0 Å². The molecule has 0 bridgehead atoms. The molecule has 0 saturated carbocycles. The van der Waals surface area contributed by atoms with Crippen LogP contribution in [0.15, 0.2) is 84.6 Å². The number of rotatable bonds is 6. The van der Waals surface area contributed by atoms with E-state index < -0.39 is 16.7 Å². The second-order valence-electron chi connectivity index (χ2n) is 7.74. The molecule has 0 aromatic heterocycles. The number of para-hydroxylation sites is 1. The third-order valence-electron chi connectivity index (χ3n) is 5.31. The lowest BCUT2D eigenvalue weighted by atomic mass is 10.0. The van der Waals surface area contributed by atoms with Crippen LogP contribution in [0.2, 0.25) is 0 Å². The van der Waals surface area contributed by atoms with Gasteiger partial charge in [-0.15, -0.1) is 0 Å². The lowest BCUT2D eigenvalue weighted by molar-refractivity contribution is -0.384. The summed E-state index contributed by atoms with van der Waals surface area (Å²) in [7, 11) is 0. The van der Waals surface area contributed by atoms with Gasteiger partial charge in [0.25, 0.3) is 17.5 Å². The number of nitrogens with one attached hydrogen (secondary N) is 1. The molecule has 1 N–H and O–H groups in total. The van der Waals surface area contributed by atoms with E-state index in [1.54, 1.807) is 30.3 Å². The van der Waals surface area contributed by atoms with E-state index in [9.17, 15) is 19.7 Å². The third kappa shape index (κ3) is 3.88. The first-order chi connectivity index (χ1) is 15.4. The maximum atomic E-state index is 13.4. The normalized spacial score (nSPS) is 13.8. The fourth-order valence-corrected chi connectivity index (χ4v) is 3.57. The van der Waals surface area contributed by atoms with Gasteiger partial charge in [-0.05, 0) is 53.4 Å². The van der Waals surface area contributed by atoms with E-state index in [1.165, 1.54) is 24.3 Å². The van der Waals surface area contributed by atoms with Gasteiger partial charge in [-0.25, -0.2) is 4.90 Å². The predicted molar refractivity (Wildman–Crippen MR) is 123 cm³/mol. The topological polar surface area (TPSA) is 92.6 Å². The van der Waals surface area contributed by atoms with Crippen molar-refractivity contribution in [1.82, 2.24) is 0 Å². The smallest absolute Gasteiger partial charge is 0.282 e. The SMILES string of the molecule is CC(C)c1ccc(NC2=C(c3ccc([N+](=O)[O-])cc3)C(=O)N(c3ccccc3)C2=O)cc1. The maximum Gasteiger partial charge on any atom is 0.282 e. The molecule has 1 heterocycles. The van der Waals surface area contributed by atoms with Crippen molar-refractivity contribution in [3.8, 4) is 0 Å². The van der Waals surface area contributed by atoms with Crippen molar-refractivity contribution >= 4 is 34.4 Å². The minimum absolute atomic E-state index is 0.0928. The minimum Gasteiger partial charge on any atom is -0.350 e. The molecule has 0 aliphatic carbocycles. The molecule has 0 unspecified atom stereocenters. The van der Waals surface area contributed by atoms with E-state index in [4.69, 9.17) is 0 Å². The standard InChI is InChI=1S/C25H21N3O4/c1-16(2)17-8-12-19(13-9-17)26-23-22(18-10-14-21(15-11-18)28(31)32)24(29)27(25(23)30)20-6-4-3-5-7-20/h3-16,26H,1-2H3. The summed E-state index contributed by atoms with van der Waals surface area (Å²) in [5.74, 6) is -0.610. The van der Waals surface area contributed by atoms with E-state index in [2.05, 4.69) is 19.2 Å². The Kier molecular flexibility index (Phi) is 5.55. The van der Waals surface area contributed by atoms with Crippen LogP contribution < -0.4 is 10.2 Å². The van der Waals surface area contributed by atoms with Crippen LogP contribution >= 0.6 is 0 Å². The number of nitrogens with zero attached hydrogens (tertiary/aromatic N) is 2.